The summed E-state index contributed by atoms with van der Waals surface area (Å²) in [5, 5.41) is 24.7. The second-order valence-electron chi connectivity index (χ2n) is 12.7. The van der Waals surface area contributed by atoms with Crippen LogP contribution in [0.4, 0.5) is 0 Å². The van der Waals surface area contributed by atoms with Gasteiger partial charge in [0.1, 0.15) is 0 Å². The summed E-state index contributed by atoms with van der Waals surface area (Å²) in [6.07, 6.45) is 12.3. The highest BCUT2D eigenvalue weighted by Crippen LogP contribution is 2.68. The zero-order chi connectivity index (χ0) is 23.1. The van der Waals surface area contributed by atoms with E-state index in [0.717, 1.165) is 51.5 Å². The first-order valence-corrected chi connectivity index (χ1v) is 13.8. The predicted molar refractivity (Wildman–Crippen MR) is 129 cm³/mol. The van der Waals surface area contributed by atoms with Crippen molar-refractivity contribution >= 4 is 5.91 Å². The molecule has 4 heteroatoms. The summed E-state index contributed by atoms with van der Waals surface area (Å²) in [5.41, 5.74) is 0.600. The zero-order valence-corrected chi connectivity index (χ0v) is 21.1. The Bertz CT molecular complexity index is 667. The Balaban J connectivity index is 1.42. The summed E-state index contributed by atoms with van der Waals surface area (Å²) in [6, 6.07) is 0. The van der Waals surface area contributed by atoms with Crippen LogP contribution in [0.1, 0.15) is 105 Å². The quantitative estimate of drug-likeness (QED) is 0.463. The average Bonchev–Trinajstić information content (AvgIpc) is 3.11. The lowest BCUT2D eigenvalue weighted by molar-refractivity contribution is -0.174. The van der Waals surface area contributed by atoms with Crippen molar-refractivity contribution in [2.24, 2.45) is 46.3 Å². The maximum atomic E-state index is 12.3. The molecule has 32 heavy (non-hydrogen) atoms. The molecule has 4 aliphatic carbocycles. The van der Waals surface area contributed by atoms with E-state index in [1.54, 1.807) is 0 Å². The Morgan fingerprint density at radius 2 is 1.75 bits per heavy atom. The van der Waals surface area contributed by atoms with Crippen molar-refractivity contribution in [3.8, 4) is 0 Å². The van der Waals surface area contributed by atoms with Crippen molar-refractivity contribution in [1.29, 1.82) is 0 Å². The Morgan fingerprint density at radius 1 is 1.03 bits per heavy atom. The minimum absolute atomic E-state index is 0.165. The maximum Gasteiger partial charge on any atom is 0.220 e. The van der Waals surface area contributed by atoms with Crippen molar-refractivity contribution < 1.29 is 15.0 Å². The highest BCUT2D eigenvalue weighted by atomic mass is 16.3. The van der Waals surface area contributed by atoms with E-state index in [1.807, 2.05) is 0 Å². The number of amides is 1. The molecular weight excluding hydrogens is 398 g/mol. The van der Waals surface area contributed by atoms with Crippen LogP contribution in [-0.4, -0.2) is 34.9 Å². The molecule has 4 rings (SSSR count). The second kappa shape index (κ2) is 9.56. The van der Waals surface area contributed by atoms with Crippen LogP contribution in [0, 0.1) is 46.3 Å². The van der Waals surface area contributed by atoms with Gasteiger partial charge in [0, 0.05) is 13.0 Å². The van der Waals surface area contributed by atoms with Crippen molar-refractivity contribution in [2.75, 3.05) is 6.54 Å². The molecule has 0 aliphatic heterocycles. The fourth-order valence-electron chi connectivity index (χ4n) is 9.23. The van der Waals surface area contributed by atoms with Crippen LogP contribution >= 0.6 is 0 Å². The topological polar surface area (TPSA) is 69.6 Å². The maximum absolute atomic E-state index is 12.3. The van der Waals surface area contributed by atoms with Gasteiger partial charge in [-0.05, 0) is 111 Å². The summed E-state index contributed by atoms with van der Waals surface area (Å²) in [7, 11) is 0. The average molecular weight is 448 g/mol. The summed E-state index contributed by atoms with van der Waals surface area (Å²) in [5.74, 6) is 3.59. The van der Waals surface area contributed by atoms with Crippen LogP contribution in [0.25, 0.3) is 0 Å². The van der Waals surface area contributed by atoms with Gasteiger partial charge < -0.3 is 15.5 Å². The monoisotopic (exact) mass is 447 g/mol. The third kappa shape index (κ3) is 4.28. The van der Waals surface area contributed by atoms with Crippen LogP contribution < -0.4 is 5.32 Å². The molecule has 0 saturated heterocycles. The van der Waals surface area contributed by atoms with Gasteiger partial charge in [-0.1, -0.05) is 34.1 Å². The molecule has 0 radical (unpaired) electrons. The number of hydrogen-bond acceptors (Lipinski definition) is 3. The lowest BCUT2D eigenvalue weighted by Crippen LogP contribution is -2.58. The predicted octanol–water partition coefficient (Wildman–Crippen LogP) is 5.31. The van der Waals surface area contributed by atoms with E-state index in [0.29, 0.717) is 52.8 Å². The van der Waals surface area contributed by atoms with Crippen molar-refractivity contribution in [3.63, 3.8) is 0 Å². The Labute approximate surface area is 196 Å². The molecule has 184 valence electrons. The third-order valence-electron chi connectivity index (χ3n) is 11.1. The molecule has 1 amide bonds. The fourth-order valence-corrected chi connectivity index (χ4v) is 9.23. The first kappa shape index (κ1) is 24.5. The van der Waals surface area contributed by atoms with Crippen LogP contribution in [0.5, 0.6) is 0 Å². The molecule has 3 N–H and O–H groups in total. The van der Waals surface area contributed by atoms with Gasteiger partial charge in [0.2, 0.25) is 5.91 Å². The molecule has 0 spiro atoms. The van der Waals surface area contributed by atoms with Gasteiger partial charge in [0.15, 0.2) is 0 Å². The summed E-state index contributed by atoms with van der Waals surface area (Å²) in [6.45, 7) is 10.4. The number of rotatable bonds is 7. The van der Waals surface area contributed by atoms with Gasteiger partial charge in [0.05, 0.1) is 12.2 Å². The van der Waals surface area contributed by atoms with Crippen molar-refractivity contribution in [3.05, 3.63) is 0 Å². The standard InChI is InChI=1S/C28H49NO3/c1-5-6-15-29-25(32)10-7-18(2)21-8-9-22-26-23(12-14-28(21,22)4)27(3)13-11-20(30)16-19(27)17-24(26)31/h18-24,26,30-31H,5-17H2,1-4H3,(H,29,32)/t18-,19+,20-,21?,22+,23+,24+,26+,27+,28-/m1/s1. The molecule has 4 saturated carbocycles. The molecule has 0 aromatic heterocycles. The van der Waals surface area contributed by atoms with Gasteiger partial charge in [0.25, 0.3) is 0 Å². The molecule has 4 aliphatic rings. The van der Waals surface area contributed by atoms with Gasteiger partial charge in [-0.2, -0.15) is 0 Å². The summed E-state index contributed by atoms with van der Waals surface area (Å²) >= 11 is 0. The number of nitrogens with one attached hydrogen (secondary N) is 1. The molecule has 0 aromatic rings. The second-order valence-corrected chi connectivity index (χ2v) is 12.7. The van der Waals surface area contributed by atoms with Crippen molar-refractivity contribution in [2.45, 2.75) is 117 Å². The first-order chi connectivity index (χ1) is 15.2. The third-order valence-corrected chi connectivity index (χ3v) is 11.1. The molecule has 0 bridgehead atoms. The molecule has 0 heterocycles. The SMILES string of the molecule is CCCCNC(=O)CC[C@@H](C)C1CC[C@H]2[C@@H]3[C@@H](O)C[C@@H]4C[C@H](O)CC[C@]4(C)[C@H]3CC[C@]12C. The number of carbonyl (C=O) groups is 1. The van der Waals surface area contributed by atoms with Crippen LogP contribution in [0.15, 0.2) is 0 Å². The minimum Gasteiger partial charge on any atom is -0.393 e. The van der Waals surface area contributed by atoms with E-state index in [1.165, 1.54) is 25.7 Å². The summed E-state index contributed by atoms with van der Waals surface area (Å²) < 4.78 is 0. The first-order valence-electron chi connectivity index (χ1n) is 13.8. The van der Waals surface area contributed by atoms with E-state index < -0.39 is 0 Å². The molecule has 4 nitrogen and oxygen atoms in total. The van der Waals surface area contributed by atoms with E-state index >= 15 is 0 Å². The Hall–Kier alpha value is -0.610. The van der Waals surface area contributed by atoms with E-state index in [4.69, 9.17) is 0 Å². The number of aliphatic hydroxyl groups is 2. The number of fused-ring (bicyclic) bond motifs is 5. The molecule has 0 aromatic carbocycles. The molecule has 1 unspecified atom stereocenters. The fraction of sp³-hybridized carbons (Fsp3) is 0.964. The van der Waals surface area contributed by atoms with Gasteiger partial charge >= 0.3 is 0 Å². The van der Waals surface area contributed by atoms with Gasteiger partial charge in [-0.25, -0.2) is 0 Å². The smallest absolute Gasteiger partial charge is 0.220 e. The highest BCUT2D eigenvalue weighted by molar-refractivity contribution is 5.75. The summed E-state index contributed by atoms with van der Waals surface area (Å²) in [4.78, 5) is 12.3. The lowest BCUT2D eigenvalue weighted by atomic mass is 9.43. The molecule has 10 atom stereocenters. The van der Waals surface area contributed by atoms with Gasteiger partial charge in [-0.3, -0.25) is 4.79 Å². The van der Waals surface area contributed by atoms with Crippen LogP contribution in [-0.2, 0) is 4.79 Å². The van der Waals surface area contributed by atoms with Crippen molar-refractivity contribution in [1.82, 2.24) is 5.32 Å². The number of aliphatic hydroxyl groups excluding tert-OH is 2. The van der Waals surface area contributed by atoms with Crippen LogP contribution in [0.3, 0.4) is 0 Å². The van der Waals surface area contributed by atoms with E-state index in [9.17, 15) is 15.0 Å². The normalized spacial score (nSPS) is 46.6. The number of unbranched alkanes of at least 4 members (excludes halogenated alkanes) is 1. The Morgan fingerprint density at radius 3 is 2.50 bits per heavy atom. The highest BCUT2D eigenvalue weighted by Gasteiger charge is 2.62. The van der Waals surface area contributed by atoms with E-state index in [-0.39, 0.29) is 18.1 Å². The number of carbonyl (C=O) groups excluding carboxylic acids is 1. The zero-order valence-electron chi connectivity index (χ0n) is 21.1. The number of hydrogen-bond donors (Lipinski definition) is 3. The van der Waals surface area contributed by atoms with Gasteiger partial charge in [-0.15, -0.1) is 0 Å². The lowest BCUT2D eigenvalue weighted by Gasteiger charge is -2.62. The Kier molecular flexibility index (Phi) is 7.33. The minimum atomic E-state index is -0.202. The van der Waals surface area contributed by atoms with Crippen LogP contribution in [0.2, 0.25) is 0 Å². The molecular formula is C28H49NO3. The molecule has 4 fully saturated rings. The van der Waals surface area contributed by atoms with E-state index in [2.05, 4.69) is 33.0 Å². The largest absolute Gasteiger partial charge is 0.393 e.